The summed E-state index contributed by atoms with van der Waals surface area (Å²) in [5.74, 6) is -0.0568. The minimum atomic E-state index is -3.24. The molecule has 0 amide bonds. The average molecular weight is 372 g/mol. The van der Waals surface area contributed by atoms with Crippen LogP contribution in [0, 0.1) is 5.92 Å². The van der Waals surface area contributed by atoms with E-state index < -0.39 is 10.0 Å². The van der Waals surface area contributed by atoms with Crippen molar-refractivity contribution in [2.75, 3.05) is 18.8 Å². The van der Waals surface area contributed by atoms with Gasteiger partial charge in [0.05, 0.1) is 5.75 Å². The lowest BCUT2D eigenvalue weighted by Crippen LogP contribution is -2.43. The Labute approximate surface area is 155 Å². The fourth-order valence-electron chi connectivity index (χ4n) is 3.49. The van der Waals surface area contributed by atoms with Gasteiger partial charge in [-0.25, -0.2) is 12.7 Å². The Kier molecular flexibility index (Phi) is 5.89. The van der Waals surface area contributed by atoms with Crippen LogP contribution in [0.15, 0.2) is 54.6 Å². The molecular formula is C21H25NO3S. The lowest BCUT2D eigenvalue weighted by Gasteiger charge is -2.31. The molecule has 1 fully saturated rings. The van der Waals surface area contributed by atoms with E-state index in [0.29, 0.717) is 25.1 Å². The predicted octanol–water partition coefficient (Wildman–Crippen LogP) is 3.99. The maximum Gasteiger partial charge on any atom is 0.214 e. The Hall–Kier alpha value is -1.98. The van der Waals surface area contributed by atoms with Crippen LogP contribution < -0.4 is 0 Å². The molecule has 0 N–H and O–H groups in total. The molecular weight excluding hydrogens is 346 g/mol. The smallest absolute Gasteiger partial charge is 0.214 e. The first kappa shape index (κ1) is 18.8. The molecule has 0 aromatic heterocycles. The molecule has 2 aromatic carbocycles. The van der Waals surface area contributed by atoms with Crippen molar-refractivity contribution >= 4 is 15.8 Å². The molecule has 1 heterocycles. The Morgan fingerprint density at radius 3 is 2.35 bits per heavy atom. The van der Waals surface area contributed by atoms with Crippen LogP contribution in [0.5, 0.6) is 0 Å². The van der Waals surface area contributed by atoms with Gasteiger partial charge in [0.1, 0.15) is 0 Å². The van der Waals surface area contributed by atoms with Crippen molar-refractivity contribution in [3.8, 4) is 11.1 Å². The molecule has 0 radical (unpaired) electrons. The molecule has 0 aliphatic carbocycles. The van der Waals surface area contributed by atoms with E-state index in [0.717, 1.165) is 24.0 Å². The first-order valence-corrected chi connectivity index (χ1v) is 10.8. The number of rotatable bonds is 6. The van der Waals surface area contributed by atoms with Crippen molar-refractivity contribution in [1.29, 1.82) is 0 Å². The number of hydrogen-bond acceptors (Lipinski definition) is 3. The maximum absolute atomic E-state index is 12.9. The number of hydrogen-bond donors (Lipinski definition) is 0. The summed E-state index contributed by atoms with van der Waals surface area (Å²) in [7, 11) is -3.24. The van der Waals surface area contributed by atoms with Crippen molar-refractivity contribution in [1.82, 2.24) is 4.31 Å². The van der Waals surface area contributed by atoms with E-state index in [1.165, 1.54) is 4.31 Å². The summed E-state index contributed by atoms with van der Waals surface area (Å²) in [6.07, 6.45) is 2.08. The SMILES string of the molecule is CCCS(=O)(=O)N1CCC[C@@H](C(=O)c2ccc(-c3ccccc3)cc2)C1. The van der Waals surface area contributed by atoms with Gasteiger partial charge in [0, 0.05) is 24.6 Å². The van der Waals surface area contributed by atoms with Crippen LogP contribution in [0.25, 0.3) is 11.1 Å². The van der Waals surface area contributed by atoms with E-state index in [2.05, 4.69) is 0 Å². The standard InChI is InChI=1S/C21H25NO3S/c1-2-15-26(24,25)22-14-6-9-20(16-22)21(23)19-12-10-18(11-13-19)17-7-4-3-5-8-17/h3-5,7-8,10-13,20H,2,6,9,14-16H2,1H3/t20-/m1/s1. The zero-order valence-corrected chi connectivity index (χ0v) is 15.9. The molecule has 2 aromatic rings. The quantitative estimate of drug-likeness (QED) is 0.722. The van der Waals surface area contributed by atoms with Gasteiger partial charge in [-0.2, -0.15) is 0 Å². The second-order valence-electron chi connectivity index (χ2n) is 6.82. The molecule has 3 rings (SSSR count). The summed E-state index contributed by atoms with van der Waals surface area (Å²) in [6, 6.07) is 17.6. The fourth-order valence-corrected chi connectivity index (χ4v) is 5.08. The lowest BCUT2D eigenvalue weighted by molar-refractivity contribution is 0.0872. The molecule has 0 bridgehead atoms. The monoisotopic (exact) mass is 371 g/mol. The van der Waals surface area contributed by atoms with Gasteiger partial charge in [0.15, 0.2) is 5.78 Å². The number of benzene rings is 2. The molecule has 1 saturated heterocycles. The minimum absolute atomic E-state index is 0.0426. The van der Waals surface area contributed by atoms with Crippen LogP contribution in [-0.2, 0) is 10.0 Å². The third kappa shape index (κ3) is 4.22. The number of nitrogens with zero attached hydrogens (tertiary/aromatic N) is 1. The summed E-state index contributed by atoms with van der Waals surface area (Å²) in [5, 5.41) is 0. The van der Waals surface area contributed by atoms with E-state index >= 15 is 0 Å². The van der Waals surface area contributed by atoms with Crippen LogP contribution in [0.3, 0.4) is 0 Å². The number of sulfonamides is 1. The Morgan fingerprint density at radius 1 is 1.04 bits per heavy atom. The highest BCUT2D eigenvalue weighted by Crippen LogP contribution is 2.25. The van der Waals surface area contributed by atoms with Gasteiger partial charge >= 0.3 is 0 Å². The van der Waals surface area contributed by atoms with Crippen LogP contribution in [0.4, 0.5) is 0 Å². The Morgan fingerprint density at radius 2 is 1.69 bits per heavy atom. The molecule has 1 aliphatic heterocycles. The zero-order chi connectivity index (χ0) is 18.6. The van der Waals surface area contributed by atoms with Gasteiger partial charge in [-0.3, -0.25) is 4.79 Å². The third-order valence-electron chi connectivity index (χ3n) is 4.89. The summed E-state index contributed by atoms with van der Waals surface area (Å²) < 4.78 is 26.1. The van der Waals surface area contributed by atoms with Crippen LogP contribution >= 0.6 is 0 Å². The van der Waals surface area contributed by atoms with Crippen molar-refractivity contribution in [2.24, 2.45) is 5.92 Å². The highest BCUT2D eigenvalue weighted by atomic mass is 32.2. The summed E-state index contributed by atoms with van der Waals surface area (Å²) in [6.45, 7) is 2.69. The Bertz CT molecular complexity index is 845. The van der Waals surface area contributed by atoms with E-state index in [1.807, 2.05) is 61.5 Å². The predicted molar refractivity (Wildman–Crippen MR) is 105 cm³/mol. The third-order valence-corrected chi connectivity index (χ3v) is 6.93. The number of carbonyl (C=O) groups excluding carboxylic acids is 1. The normalized spacial score (nSPS) is 18.6. The van der Waals surface area contributed by atoms with Crippen LogP contribution in [0.1, 0.15) is 36.5 Å². The number of piperidine rings is 1. The number of ketones is 1. The molecule has 0 saturated carbocycles. The zero-order valence-electron chi connectivity index (χ0n) is 15.1. The average Bonchev–Trinajstić information content (AvgIpc) is 2.68. The van der Waals surface area contributed by atoms with Crippen LogP contribution in [-0.4, -0.2) is 37.3 Å². The van der Waals surface area contributed by atoms with Gasteiger partial charge in [-0.05, 0) is 30.4 Å². The van der Waals surface area contributed by atoms with Crippen LogP contribution in [0.2, 0.25) is 0 Å². The van der Waals surface area contributed by atoms with Crippen molar-refractivity contribution < 1.29 is 13.2 Å². The summed E-state index contributed by atoms with van der Waals surface area (Å²) in [5.41, 5.74) is 2.84. The molecule has 0 spiro atoms. The molecule has 1 atom stereocenters. The molecule has 4 nitrogen and oxygen atoms in total. The van der Waals surface area contributed by atoms with Gasteiger partial charge in [-0.15, -0.1) is 0 Å². The van der Waals surface area contributed by atoms with E-state index in [4.69, 9.17) is 0 Å². The summed E-state index contributed by atoms with van der Waals surface area (Å²) in [4.78, 5) is 12.9. The largest absolute Gasteiger partial charge is 0.294 e. The second kappa shape index (κ2) is 8.14. The molecule has 0 unspecified atom stereocenters. The first-order chi connectivity index (χ1) is 12.5. The lowest BCUT2D eigenvalue weighted by atomic mass is 9.90. The van der Waals surface area contributed by atoms with Gasteiger partial charge in [-0.1, -0.05) is 61.5 Å². The molecule has 26 heavy (non-hydrogen) atoms. The second-order valence-corrected chi connectivity index (χ2v) is 8.91. The van der Waals surface area contributed by atoms with Crippen molar-refractivity contribution in [2.45, 2.75) is 26.2 Å². The van der Waals surface area contributed by atoms with Gasteiger partial charge in [0.25, 0.3) is 0 Å². The highest BCUT2D eigenvalue weighted by molar-refractivity contribution is 7.89. The molecule has 5 heteroatoms. The molecule has 138 valence electrons. The summed E-state index contributed by atoms with van der Waals surface area (Å²) >= 11 is 0. The number of Topliss-reactive ketones (excluding diaryl/α,β-unsaturated/α-hetero) is 1. The van der Waals surface area contributed by atoms with Crippen molar-refractivity contribution in [3.63, 3.8) is 0 Å². The van der Waals surface area contributed by atoms with Gasteiger partial charge < -0.3 is 0 Å². The van der Waals surface area contributed by atoms with E-state index in [-0.39, 0.29) is 17.5 Å². The fraction of sp³-hybridized carbons (Fsp3) is 0.381. The topological polar surface area (TPSA) is 54.5 Å². The van der Waals surface area contributed by atoms with E-state index in [9.17, 15) is 13.2 Å². The van der Waals surface area contributed by atoms with Crippen molar-refractivity contribution in [3.05, 3.63) is 60.2 Å². The van der Waals surface area contributed by atoms with Gasteiger partial charge in [0.2, 0.25) is 10.0 Å². The first-order valence-electron chi connectivity index (χ1n) is 9.19. The molecule has 1 aliphatic rings. The Balaban J connectivity index is 1.72. The highest BCUT2D eigenvalue weighted by Gasteiger charge is 2.32. The number of carbonyl (C=O) groups is 1. The van der Waals surface area contributed by atoms with E-state index in [1.54, 1.807) is 0 Å². The minimum Gasteiger partial charge on any atom is -0.294 e. The maximum atomic E-state index is 12.9.